The van der Waals surface area contributed by atoms with Crippen LogP contribution in [0.25, 0.3) is 22.2 Å². The number of nitrogens with two attached hydrogens (primary N) is 1. The largest absolute Gasteiger partial charge is 1.00 e. The zero-order chi connectivity index (χ0) is 19.0. The second-order valence-corrected chi connectivity index (χ2v) is 6.49. The van der Waals surface area contributed by atoms with Crippen molar-refractivity contribution < 1.29 is 35.5 Å². The maximum atomic E-state index is 15.0. The summed E-state index contributed by atoms with van der Waals surface area (Å²) in [7, 11) is 0. The van der Waals surface area contributed by atoms with Gasteiger partial charge in [-0.15, -0.1) is 0 Å². The van der Waals surface area contributed by atoms with E-state index in [0.717, 1.165) is 22.3 Å². The van der Waals surface area contributed by atoms with Gasteiger partial charge in [0.05, 0.1) is 12.2 Å². The van der Waals surface area contributed by atoms with Crippen molar-refractivity contribution in [3.8, 4) is 11.1 Å². The molecule has 7 heteroatoms. The number of carbonyl (C=O) groups is 1. The van der Waals surface area contributed by atoms with Gasteiger partial charge in [0, 0.05) is 0 Å². The number of carbonyl (C=O) groups excluding carboxylic acids is 1. The van der Waals surface area contributed by atoms with E-state index in [1.165, 1.54) is 6.07 Å². The fraction of sp³-hybridized carbons (Fsp3) is 0.300. The van der Waals surface area contributed by atoms with Crippen LogP contribution >= 0.6 is 0 Å². The number of aryl methyl sites for hydroxylation is 3. The summed E-state index contributed by atoms with van der Waals surface area (Å²) >= 11 is 0. The van der Waals surface area contributed by atoms with Gasteiger partial charge in [-0.05, 0) is 56.5 Å². The molecule has 27 heavy (non-hydrogen) atoms. The van der Waals surface area contributed by atoms with Crippen LogP contribution in [0.15, 0.2) is 24.3 Å². The number of aromatic nitrogens is 2. The highest BCUT2D eigenvalue weighted by Crippen LogP contribution is 2.35. The molecule has 0 saturated carbocycles. The van der Waals surface area contributed by atoms with Crippen molar-refractivity contribution in [2.24, 2.45) is 0 Å². The van der Waals surface area contributed by atoms with Gasteiger partial charge in [-0.2, -0.15) is 0 Å². The second-order valence-electron chi connectivity index (χ2n) is 6.49. The molecule has 0 aliphatic heterocycles. The molecule has 0 unspecified atom stereocenters. The van der Waals surface area contributed by atoms with Crippen LogP contribution in [0.1, 0.15) is 23.6 Å². The van der Waals surface area contributed by atoms with Crippen molar-refractivity contribution in [1.82, 2.24) is 4.98 Å². The van der Waals surface area contributed by atoms with Gasteiger partial charge in [0.25, 0.3) is 0 Å². The van der Waals surface area contributed by atoms with E-state index in [1.807, 2.05) is 32.9 Å². The maximum Gasteiger partial charge on any atom is 0.354 e. The summed E-state index contributed by atoms with van der Waals surface area (Å²) in [6, 6.07) is 7.09. The van der Waals surface area contributed by atoms with Crippen molar-refractivity contribution in [2.75, 3.05) is 12.3 Å². The lowest BCUT2D eigenvalue weighted by molar-refractivity contribution is -0.644. The monoisotopic (exact) mass is 435 g/mol. The molecule has 0 atom stereocenters. The lowest BCUT2D eigenvalue weighted by atomic mass is 9.92. The summed E-state index contributed by atoms with van der Waals surface area (Å²) in [6.45, 7) is 7.86. The Morgan fingerprint density at radius 2 is 1.81 bits per heavy atom. The summed E-state index contributed by atoms with van der Waals surface area (Å²) < 4.78 is 21.6. The van der Waals surface area contributed by atoms with E-state index in [9.17, 15) is 9.18 Å². The number of nitrogen functional groups attached to an aromatic ring is 1. The molecule has 3 N–H and O–H groups in total. The molecule has 0 aliphatic rings. The molecule has 0 spiro atoms. The lowest BCUT2D eigenvalue weighted by Gasteiger charge is -2.14. The fourth-order valence-electron chi connectivity index (χ4n) is 3.59. The minimum absolute atomic E-state index is 0. The maximum absolute atomic E-state index is 15.0. The molecule has 0 aliphatic carbocycles. The summed E-state index contributed by atoms with van der Waals surface area (Å²) in [6.07, 6.45) is 0. The minimum atomic E-state index is -0.419. The van der Waals surface area contributed by atoms with Crippen molar-refractivity contribution in [2.45, 2.75) is 34.2 Å². The molecule has 0 saturated heterocycles. The summed E-state index contributed by atoms with van der Waals surface area (Å²) in [5.74, 6) is -0.496. The Hall–Kier alpha value is -2.41. The number of ether oxygens (including phenoxy) is 1. The number of rotatable bonds is 4. The molecule has 0 fully saturated rings. The van der Waals surface area contributed by atoms with E-state index < -0.39 is 5.97 Å². The zero-order valence-corrected chi connectivity index (χ0v) is 17.4. The highest BCUT2D eigenvalue weighted by molar-refractivity contribution is 5.93. The van der Waals surface area contributed by atoms with Gasteiger partial charge < -0.3 is 21.7 Å². The number of imidazole rings is 1. The molecule has 3 aromatic rings. The molecule has 1 heterocycles. The highest BCUT2D eigenvalue weighted by atomic mass is 79.9. The molecule has 3 rings (SSSR count). The van der Waals surface area contributed by atoms with Crippen LogP contribution in [0.3, 0.4) is 0 Å². The SMILES string of the molecule is CCOC(=O)C[n+]1c(N)[nH]c2ccc(F)c(-c3c(C)cc(C)cc3C)c21.[Br-]. The third-order valence-corrected chi connectivity index (χ3v) is 4.47. The highest BCUT2D eigenvalue weighted by Gasteiger charge is 2.25. The van der Waals surface area contributed by atoms with Crippen LogP contribution in [0.5, 0.6) is 0 Å². The third-order valence-electron chi connectivity index (χ3n) is 4.47. The lowest BCUT2D eigenvalue weighted by Crippen LogP contribution is -3.00. The number of nitrogens with zero attached hydrogens (tertiary/aromatic N) is 1. The van der Waals surface area contributed by atoms with E-state index in [1.54, 1.807) is 17.6 Å². The van der Waals surface area contributed by atoms with Crippen LogP contribution in [0, 0.1) is 26.6 Å². The van der Waals surface area contributed by atoms with Crippen molar-refractivity contribution in [3.63, 3.8) is 0 Å². The first-order chi connectivity index (χ1) is 12.3. The molecular weight excluding hydrogens is 413 g/mol. The van der Waals surface area contributed by atoms with Gasteiger partial charge in [0.1, 0.15) is 11.3 Å². The number of esters is 1. The Bertz CT molecular complexity index is 991. The molecule has 5 nitrogen and oxygen atoms in total. The number of nitrogens with one attached hydrogen (secondary N) is 1. The molecule has 1 aromatic heterocycles. The average molecular weight is 436 g/mol. The van der Waals surface area contributed by atoms with E-state index in [2.05, 4.69) is 4.98 Å². The minimum Gasteiger partial charge on any atom is -1.00 e. The van der Waals surface area contributed by atoms with Gasteiger partial charge in [-0.3, -0.25) is 5.73 Å². The summed E-state index contributed by atoms with van der Waals surface area (Å²) in [5, 5.41) is 0. The van der Waals surface area contributed by atoms with Gasteiger partial charge >= 0.3 is 11.9 Å². The van der Waals surface area contributed by atoms with E-state index >= 15 is 0 Å². The normalized spacial score (nSPS) is 10.7. The van der Waals surface area contributed by atoms with Gasteiger partial charge in [0.15, 0.2) is 12.1 Å². The number of aromatic amines is 1. The quantitative estimate of drug-likeness (QED) is 0.458. The van der Waals surface area contributed by atoms with Crippen molar-refractivity contribution in [1.29, 1.82) is 0 Å². The van der Waals surface area contributed by atoms with Crippen molar-refractivity contribution >= 4 is 23.0 Å². The Morgan fingerprint density at radius 3 is 2.41 bits per heavy atom. The smallest absolute Gasteiger partial charge is 0.354 e. The Morgan fingerprint density at radius 1 is 1.19 bits per heavy atom. The number of hydrogen-bond donors (Lipinski definition) is 2. The summed E-state index contributed by atoms with van der Waals surface area (Å²) in [4.78, 5) is 15.0. The number of halogens is 2. The molecule has 0 bridgehead atoms. The van der Waals surface area contributed by atoms with E-state index in [0.29, 0.717) is 16.6 Å². The fourth-order valence-corrected chi connectivity index (χ4v) is 3.59. The second kappa shape index (κ2) is 8.08. The van der Waals surface area contributed by atoms with E-state index in [4.69, 9.17) is 10.5 Å². The molecular formula is C20H23BrFN3O2. The van der Waals surface area contributed by atoms with Gasteiger partial charge in [-0.25, -0.2) is 18.7 Å². The molecule has 2 aromatic carbocycles. The van der Waals surface area contributed by atoms with Gasteiger partial charge in [0.2, 0.25) is 0 Å². The number of H-pyrrole nitrogens is 1. The predicted octanol–water partition coefficient (Wildman–Crippen LogP) is 0.336. The van der Waals surface area contributed by atoms with Crippen LogP contribution in [0.4, 0.5) is 10.3 Å². The van der Waals surface area contributed by atoms with Crippen LogP contribution in [0.2, 0.25) is 0 Å². The average Bonchev–Trinajstić information content (AvgIpc) is 2.85. The zero-order valence-electron chi connectivity index (χ0n) is 15.8. The van der Waals surface area contributed by atoms with Crippen LogP contribution in [-0.2, 0) is 16.1 Å². The first-order valence-corrected chi connectivity index (χ1v) is 8.56. The summed E-state index contributed by atoms with van der Waals surface area (Å²) in [5.41, 5.74) is 11.6. The van der Waals surface area contributed by atoms with Crippen molar-refractivity contribution in [3.05, 3.63) is 46.8 Å². The Balaban J connectivity index is 0.00000261. The number of fused-ring (bicyclic) bond motifs is 1. The van der Waals surface area contributed by atoms with Crippen LogP contribution in [-0.4, -0.2) is 17.6 Å². The molecule has 144 valence electrons. The topological polar surface area (TPSA) is 72.0 Å². The number of benzene rings is 2. The van der Waals surface area contributed by atoms with Gasteiger partial charge in [-0.1, -0.05) is 17.7 Å². The predicted molar refractivity (Wildman–Crippen MR) is 99.1 cm³/mol. The molecule has 0 amide bonds. The van der Waals surface area contributed by atoms with E-state index in [-0.39, 0.29) is 41.9 Å². The Kier molecular flexibility index (Phi) is 6.26. The first-order valence-electron chi connectivity index (χ1n) is 8.56. The third kappa shape index (κ3) is 3.83. The standard InChI is InChI=1S/C20H22FN3O2.BrH/c1-5-26-16(25)10-24-19-15(23-20(24)22)7-6-14(21)18(19)17-12(3)8-11(2)9-13(17)4;/h6-9H,5,10H2,1-4H3,(H2,22,23);1H. The molecule has 0 radical (unpaired) electrons. The first kappa shape index (κ1) is 20.9. The van der Waals surface area contributed by atoms with Crippen LogP contribution < -0.4 is 27.3 Å². The number of hydrogen-bond acceptors (Lipinski definition) is 3. The Labute approximate surface area is 168 Å². The number of anilines is 1.